The Bertz CT molecular complexity index is 3050. The number of ether oxygens (including phenoxy) is 1. The van der Waals surface area contributed by atoms with Gasteiger partial charge >= 0.3 is 0 Å². The van der Waals surface area contributed by atoms with Gasteiger partial charge in [0.05, 0.1) is 16.8 Å². The highest BCUT2D eigenvalue weighted by atomic mass is 16.5. The summed E-state index contributed by atoms with van der Waals surface area (Å²) >= 11 is 0. The van der Waals surface area contributed by atoms with Gasteiger partial charge in [0.15, 0.2) is 11.5 Å². The fourth-order valence-electron chi connectivity index (χ4n) is 10.9. The van der Waals surface area contributed by atoms with Crippen molar-refractivity contribution in [3.8, 4) is 56.0 Å². The van der Waals surface area contributed by atoms with Crippen LogP contribution in [0, 0.1) is 0 Å². The topological polar surface area (TPSA) is 12.5 Å². The molecule has 0 bridgehead atoms. The lowest BCUT2D eigenvalue weighted by Gasteiger charge is -2.51. The maximum absolute atomic E-state index is 7.08. The first-order valence-corrected chi connectivity index (χ1v) is 20.2. The highest BCUT2D eigenvalue weighted by Crippen LogP contribution is 2.66. The third kappa shape index (κ3) is 4.07. The SMILES string of the molecule is c1ccc(-c2cc(-c3ccccc3)c(B3c4cccc5c4N4c6c(cccc6C6(c7ccccc7-c7ccccc76)c6cccc3c64)O5)c(-c3ccccc3)c2)cc1. The van der Waals surface area contributed by atoms with Crippen LogP contribution < -0.4 is 26.0 Å². The Hall–Kier alpha value is -7.36. The van der Waals surface area contributed by atoms with Crippen LogP contribution in [0.4, 0.5) is 17.1 Å². The molecule has 13 rings (SSSR count). The van der Waals surface area contributed by atoms with Gasteiger partial charge in [-0.25, -0.2) is 0 Å². The van der Waals surface area contributed by atoms with E-state index in [4.69, 9.17) is 4.74 Å². The molecule has 0 N–H and O–H groups in total. The van der Waals surface area contributed by atoms with Crippen LogP contribution in [-0.2, 0) is 5.41 Å². The summed E-state index contributed by atoms with van der Waals surface area (Å²) in [4.78, 5) is 2.57. The molecule has 0 saturated carbocycles. The number of anilines is 3. The highest BCUT2D eigenvalue weighted by Gasteiger charge is 2.56. The minimum Gasteiger partial charge on any atom is -0.453 e. The quantitative estimate of drug-likeness (QED) is 0.167. The first-order chi connectivity index (χ1) is 28.8. The minimum absolute atomic E-state index is 0.115. The van der Waals surface area contributed by atoms with E-state index in [0.29, 0.717) is 0 Å². The number of nitrogens with zero attached hydrogens (tertiary/aromatic N) is 1. The lowest BCUT2D eigenvalue weighted by molar-refractivity contribution is 0.474. The molecule has 9 aromatic rings. The number of hydrogen-bond acceptors (Lipinski definition) is 2. The molecule has 9 aromatic carbocycles. The molecule has 1 spiro atoms. The van der Waals surface area contributed by atoms with Crippen LogP contribution in [0.25, 0.3) is 44.5 Å². The second-order valence-corrected chi connectivity index (χ2v) is 15.9. The third-order valence-electron chi connectivity index (χ3n) is 13.1. The number of hydrogen-bond donors (Lipinski definition) is 0. The van der Waals surface area contributed by atoms with Gasteiger partial charge in [0.25, 0.3) is 0 Å². The van der Waals surface area contributed by atoms with Crippen LogP contribution >= 0.6 is 0 Å². The average molecular weight is 736 g/mol. The zero-order chi connectivity index (χ0) is 38.0. The first kappa shape index (κ1) is 31.8. The third-order valence-corrected chi connectivity index (χ3v) is 13.1. The van der Waals surface area contributed by atoms with Gasteiger partial charge in [0.2, 0.25) is 6.71 Å². The normalized spacial score (nSPS) is 14.1. The van der Waals surface area contributed by atoms with E-state index in [1.165, 1.54) is 88.8 Å². The zero-order valence-corrected chi connectivity index (χ0v) is 31.6. The largest absolute Gasteiger partial charge is 0.453 e. The maximum atomic E-state index is 7.08. The molecule has 58 heavy (non-hydrogen) atoms. The van der Waals surface area contributed by atoms with Crippen LogP contribution in [0.3, 0.4) is 0 Å². The Morgan fingerprint density at radius 1 is 0.345 bits per heavy atom. The summed E-state index contributed by atoms with van der Waals surface area (Å²) in [7, 11) is 0. The molecule has 3 aliphatic heterocycles. The molecular weight excluding hydrogens is 701 g/mol. The van der Waals surface area contributed by atoms with Crippen molar-refractivity contribution >= 4 is 40.2 Å². The Balaban J connectivity index is 1.20. The van der Waals surface area contributed by atoms with E-state index in [1.54, 1.807) is 0 Å². The predicted molar refractivity (Wildman–Crippen MR) is 239 cm³/mol. The van der Waals surface area contributed by atoms with Gasteiger partial charge in [-0.1, -0.05) is 187 Å². The van der Waals surface area contributed by atoms with Gasteiger partial charge in [-0.05, 0) is 102 Å². The number of para-hydroxylation sites is 3. The van der Waals surface area contributed by atoms with E-state index >= 15 is 0 Å². The Morgan fingerprint density at radius 2 is 0.793 bits per heavy atom. The summed E-state index contributed by atoms with van der Waals surface area (Å²) in [6, 6.07) is 76.2. The Morgan fingerprint density at radius 3 is 1.40 bits per heavy atom. The molecule has 0 radical (unpaired) electrons. The Kier molecular flexibility index (Phi) is 6.49. The second kappa shape index (κ2) is 11.8. The lowest BCUT2D eigenvalue weighted by Crippen LogP contribution is -2.60. The van der Waals surface area contributed by atoms with E-state index < -0.39 is 5.41 Å². The highest BCUT2D eigenvalue weighted by molar-refractivity contribution is 6.99. The van der Waals surface area contributed by atoms with E-state index in [9.17, 15) is 0 Å². The minimum atomic E-state index is -0.542. The maximum Gasteiger partial charge on any atom is 0.248 e. The lowest BCUT2D eigenvalue weighted by atomic mass is 9.33. The van der Waals surface area contributed by atoms with Gasteiger partial charge in [0, 0.05) is 5.69 Å². The number of fused-ring (bicyclic) bond motifs is 7. The van der Waals surface area contributed by atoms with E-state index in [-0.39, 0.29) is 6.71 Å². The fraction of sp³-hybridized carbons (Fsp3) is 0.0182. The van der Waals surface area contributed by atoms with Crippen molar-refractivity contribution < 1.29 is 4.74 Å². The standard InChI is InChI=1S/C55H34BNO/c1-4-17-35(18-5-1)38-33-41(36-19-6-2-7-20-36)51(42(34-38)37-21-8-3-9-22-37)56-47-29-14-27-45-52(47)57-53-46(28-15-31-49(53)58-50-32-16-30-48(56)54(50)57)55(45)43-25-12-10-23-39(43)40-24-11-13-26-44(40)55/h1-34H. The molecule has 0 aromatic heterocycles. The number of rotatable bonds is 4. The molecule has 3 heteroatoms. The first-order valence-electron chi connectivity index (χ1n) is 20.2. The van der Waals surface area contributed by atoms with E-state index in [0.717, 1.165) is 22.9 Å². The van der Waals surface area contributed by atoms with Crippen LogP contribution in [0.15, 0.2) is 206 Å². The van der Waals surface area contributed by atoms with Crippen molar-refractivity contribution in [2.24, 2.45) is 0 Å². The van der Waals surface area contributed by atoms with Gasteiger partial charge < -0.3 is 9.64 Å². The molecule has 0 fully saturated rings. The average Bonchev–Trinajstić information content (AvgIpc) is 3.59. The van der Waals surface area contributed by atoms with Crippen LogP contribution in [-0.4, -0.2) is 6.71 Å². The second-order valence-electron chi connectivity index (χ2n) is 15.9. The van der Waals surface area contributed by atoms with Crippen molar-refractivity contribution in [2.75, 3.05) is 4.90 Å². The molecule has 1 aliphatic carbocycles. The summed E-state index contributed by atoms with van der Waals surface area (Å²) < 4.78 is 7.08. The monoisotopic (exact) mass is 735 g/mol. The van der Waals surface area contributed by atoms with Crippen molar-refractivity contribution in [3.63, 3.8) is 0 Å². The molecule has 4 aliphatic rings. The van der Waals surface area contributed by atoms with Crippen LogP contribution in [0.1, 0.15) is 22.3 Å². The summed E-state index contributed by atoms with van der Waals surface area (Å²) in [5.41, 5.74) is 21.9. The van der Waals surface area contributed by atoms with E-state index in [2.05, 4.69) is 211 Å². The molecular formula is C55H34BNO. The summed E-state index contributed by atoms with van der Waals surface area (Å²) in [6.07, 6.45) is 0. The molecule has 0 amide bonds. The van der Waals surface area contributed by atoms with Crippen LogP contribution in [0.5, 0.6) is 11.5 Å². The van der Waals surface area contributed by atoms with E-state index in [1.807, 2.05) is 0 Å². The zero-order valence-electron chi connectivity index (χ0n) is 31.6. The number of benzene rings is 9. The fourth-order valence-corrected chi connectivity index (χ4v) is 10.9. The molecule has 2 nitrogen and oxygen atoms in total. The molecule has 0 saturated heterocycles. The molecule has 0 atom stereocenters. The van der Waals surface area contributed by atoms with Crippen molar-refractivity contribution in [1.82, 2.24) is 0 Å². The van der Waals surface area contributed by atoms with Gasteiger partial charge in [-0.2, -0.15) is 0 Å². The van der Waals surface area contributed by atoms with Gasteiger partial charge in [-0.15, -0.1) is 0 Å². The smallest absolute Gasteiger partial charge is 0.248 e. The summed E-state index contributed by atoms with van der Waals surface area (Å²) in [5, 5.41) is 0. The predicted octanol–water partition coefficient (Wildman–Crippen LogP) is 11.8. The van der Waals surface area contributed by atoms with Crippen molar-refractivity contribution in [1.29, 1.82) is 0 Å². The van der Waals surface area contributed by atoms with Gasteiger partial charge in [-0.3, -0.25) is 0 Å². The van der Waals surface area contributed by atoms with Crippen molar-refractivity contribution in [3.05, 3.63) is 229 Å². The van der Waals surface area contributed by atoms with Gasteiger partial charge in [0.1, 0.15) is 0 Å². The van der Waals surface area contributed by atoms with Crippen molar-refractivity contribution in [2.45, 2.75) is 5.41 Å². The summed E-state index contributed by atoms with van der Waals surface area (Å²) in [5.74, 6) is 1.78. The van der Waals surface area contributed by atoms with Crippen LogP contribution in [0.2, 0.25) is 0 Å². The molecule has 268 valence electrons. The summed E-state index contributed by atoms with van der Waals surface area (Å²) in [6.45, 7) is -0.115. The molecule has 3 heterocycles. The molecule has 0 unspecified atom stereocenters. The Labute approximate surface area is 338 Å².